The normalized spacial score (nSPS) is 19.5. The van der Waals surface area contributed by atoms with Crippen LogP contribution in [0.4, 0.5) is 5.69 Å². The average molecular weight is 303 g/mol. The van der Waals surface area contributed by atoms with E-state index < -0.39 is 0 Å². The molecule has 3 rings (SSSR count). The molecule has 0 aromatic carbocycles. The number of amides is 1. The van der Waals surface area contributed by atoms with Gasteiger partial charge < -0.3 is 10.1 Å². The Kier molecular flexibility index (Phi) is 4.62. The van der Waals surface area contributed by atoms with E-state index in [0.29, 0.717) is 6.04 Å². The first-order valence-corrected chi connectivity index (χ1v) is 8.28. The van der Waals surface area contributed by atoms with Crippen LogP contribution in [0.15, 0.2) is 17.3 Å². The van der Waals surface area contributed by atoms with Gasteiger partial charge in [0, 0.05) is 25.0 Å². The second-order valence-electron chi connectivity index (χ2n) is 6.34. The number of carbonyl (C=O) groups is 1. The Hall–Kier alpha value is -1.62. The maximum atomic E-state index is 12.4. The summed E-state index contributed by atoms with van der Waals surface area (Å²) in [5.41, 5.74) is 3.90. The minimum Gasteiger partial charge on any atom is -0.381 e. The van der Waals surface area contributed by atoms with E-state index in [1.807, 2.05) is 24.7 Å². The van der Waals surface area contributed by atoms with Crippen molar-refractivity contribution in [3.05, 3.63) is 23.0 Å². The molecule has 5 nitrogen and oxygen atoms in total. The van der Waals surface area contributed by atoms with Crippen molar-refractivity contribution < 1.29 is 9.53 Å². The second-order valence-corrected chi connectivity index (χ2v) is 6.34. The van der Waals surface area contributed by atoms with Gasteiger partial charge in [-0.15, -0.1) is 0 Å². The van der Waals surface area contributed by atoms with Crippen LogP contribution in [-0.2, 0) is 9.53 Å². The van der Waals surface area contributed by atoms with E-state index in [0.717, 1.165) is 55.9 Å². The predicted octanol–water partition coefficient (Wildman–Crippen LogP) is 3.37. The summed E-state index contributed by atoms with van der Waals surface area (Å²) in [5, 5.41) is 7.61. The van der Waals surface area contributed by atoms with Crippen molar-refractivity contribution in [2.45, 2.75) is 58.4 Å². The highest BCUT2D eigenvalue weighted by Gasteiger charge is 2.20. The summed E-state index contributed by atoms with van der Waals surface area (Å²) in [6, 6.07) is 0.382. The number of nitrogens with zero attached hydrogens (tertiary/aromatic N) is 2. The summed E-state index contributed by atoms with van der Waals surface area (Å²) in [4.78, 5) is 12.4. The zero-order chi connectivity index (χ0) is 15.5. The van der Waals surface area contributed by atoms with Crippen LogP contribution in [0.1, 0.15) is 57.2 Å². The van der Waals surface area contributed by atoms with Gasteiger partial charge in [-0.3, -0.25) is 9.48 Å². The van der Waals surface area contributed by atoms with Crippen LogP contribution < -0.4 is 5.32 Å². The number of aromatic nitrogens is 2. The molecule has 2 aliphatic rings. The monoisotopic (exact) mass is 303 g/mol. The number of nitrogens with one attached hydrogen (secondary N) is 1. The minimum absolute atomic E-state index is 0.0199. The van der Waals surface area contributed by atoms with E-state index >= 15 is 0 Å². The Morgan fingerprint density at radius 2 is 2.00 bits per heavy atom. The van der Waals surface area contributed by atoms with Crippen LogP contribution in [-0.4, -0.2) is 28.9 Å². The van der Waals surface area contributed by atoms with E-state index in [2.05, 4.69) is 10.4 Å². The van der Waals surface area contributed by atoms with Crippen molar-refractivity contribution >= 4 is 11.6 Å². The van der Waals surface area contributed by atoms with Gasteiger partial charge in [-0.1, -0.05) is 5.57 Å². The van der Waals surface area contributed by atoms with Gasteiger partial charge in [-0.2, -0.15) is 5.10 Å². The van der Waals surface area contributed by atoms with Gasteiger partial charge in [0.05, 0.1) is 17.4 Å². The first-order valence-electron chi connectivity index (χ1n) is 8.28. The molecule has 0 bridgehead atoms. The summed E-state index contributed by atoms with van der Waals surface area (Å²) in [6.07, 6.45) is 8.49. The van der Waals surface area contributed by atoms with Crippen LogP contribution >= 0.6 is 0 Å². The summed E-state index contributed by atoms with van der Waals surface area (Å²) < 4.78 is 7.39. The molecule has 0 radical (unpaired) electrons. The lowest BCUT2D eigenvalue weighted by molar-refractivity contribution is -0.112. The molecule has 1 aliphatic heterocycles. The fraction of sp³-hybridized carbons (Fsp3) is 0.647. The molecule has 1 N–H and O–H groups in total. The molecule has 1 saturated carbocycles. The van der Waals surface area contributed by atoms with Crippen molar-refractivity contribution in [1.82, 2.24) is 9.78 Å². The zero-order valence-corrected chi connectivity index (χ0v) is 13.5. The molecule has 0 spiro atoms. The van der Waals surface area contributed by atoms with Gasteiger partial charge >= 0.3 is 0 Å². The fourth-order valence-electron chi connectivity index (χ4n) is 3.29. The maximum Gasteiger partial charge on any atom is 0.251 e. The van der Waals surface area contributed by atoms with Crippen molar-refractivity contribution in [1.29, 1.82) is 0 Å². The van der Waals surface area contributed by atoms with Gasteiger partial charge in [-0.05, 0) is 52.4 Å². The first-order chi connectivity index (χ1) is 10.6. The van der Waals surface area contributed by atoms with Gasteiger partial charge in [0.2, 0.25) is 0 Å². The molecular formula is C17H25N3O2. The van der Waals surface area contributed by atoms with E-state index in [-0.39, 0.29) is 5.91 Å². The third kappa shape index (κ3) is 3.24. The predicted molar refractivity (Wildman–Crippen MR) is 85.9 cm³/mol. The molecule has 2 heterocycles. The summed E-state index contributed by atoms with van der Waals surface area (Å²) >= 11 is 0. The first kappa shape index (κ1) is 15.3. The second kappa shape index (κ2) is 6.65. The van der Waals surface area contributed by atoms with Crippen molar-refractivity contribution in [2.24, 2.45) is 0 Å². The van der Waals surface area contributed by atoms with Crippen LogP contribution in [0.5, 0.6) is 0 Å². The smallest absolute Gasteiger partial charge is 0.251 e. The lowest BCUT2D eigenvalue weighted by atomic mass is 10.1. The molecular weight excluding hydrogens is 278 g/mol. The van der Waals surface area contributed by atoms with Crippen LogP contribution in [0.2, 0.25) is 0 Å². The van der Waals surface area contributed by atoms with Gasteiger partial charge in [0.1, 0.15) is 0 Å². The number of hydrogen-bond acceptors (Lipinski definition) is 3. The van der Waals surface area contributed by atoms with Crippen molar-refractivity contribution in [2.75, 3.05) is 18.5 Å². The van der Waals surface area contributed by atoms with Crippen LogP contribution in [0.25, 0.3) is 0 Å². The molecule has 1 aliphatic carbocycles. The van der Waals surface area contributed by atoms with E-state index in [1.165, 1.54) is 18.4 Å². The number of hydrogen-bond donors (Lipinski definition) is 1. The summed E-state index contributed by atoms with van der Waals surface area (Å²) in [6.45, 7) is 5.46. The highest BCUT2D eigenvalue weighted by molar-refractivity contribution is 6.04. The molecule has 1 saturated heterocycles. The van der Waals surface area contributed by atoms with Gasteiger partial charge in [-0.25, -0.2) is 0 Å². The van der Waals surface area contributed by atoms with Crippen LogP contribution in [0.3, 0.4) is 0 Å². The number of aryl methyl sites for hydroxylation is 1. The molecule has 5 heteroatoms. The lowest BCUT2D eigenvalue weighted by Gasteiger charge is -2.22. The number of rotatable bonds is 3. The van der Waals surface area contributed by atoms with Crippen molar-refractivity contribution in [3.8, 4) is 0 Å². The molecule has 2 fully saturated rings. The van der Waals surface area contributed by atoms with Crippen molar-refractivity contribution in [3.63, 3.8) is 0 Å². The number of anilines is 1. The van der Waals surface area contributed by atoms with E-state index in [9.17, 15) is 4.79 Å². The highest BCUT2D eigenvalue weighted by atomic mass is 16.5. The Morgan fingerprint density at radius 3 is 2.68 bits per heavy atom. The van der Waals surface area contributed by atoms with E-state index in [4.69, 9.17) is 4.74 Å². The number of allylic oxidation sites excluding steroid dienone is 1. The Labute approximate surface area is 131 Å². The molecule has 120 valence electrons. The maximum absolute atomic E-state index is 12.4. The summed E-state index contributed by atoms with van der Waals surface area (Å²) in [7, 11) is 0. The third-order valence-electron chi connectivity index (χ3n) is 4.81. The minimum atomic E-state index is 0.0199. The highest BCUT2D eigenvalue weighted by Crippen LogP contribution is 2.28. The quantitative estimate of drug-likeness (QED) is 0.871. The molecule has 1 amide bonds. The topological polar surface area (TPSA) is 56.2 Å². The molecule has 22 heavy (non-hydrogen) atoms. The Morgan fingerprint density at radius 1 is 1.32 bits per heavy atom. The fourth-order valence-corrected chi connectivity index (χ4v) is 3.29. The third-order valence-corrected chi connectivity index (χ3v) is 4.81. The number of ether oxygens (including phenoxy) is 1. The Bertz CT molecular complexity index is 575. The average Bonchev–Trinajstić information content (AvgIpc) is 3.18. The van der Waals surface area contributed by atoms with Gasteiger partial charge in [0.15, 0.2) is 0 Å². The standard InChI is InChI=1S/C17H25N3O2/c1-12(14-5-3-4-6-14)17(21)18-16-11-20(19-13(16)2)15-7-9-22-10-8-15/h11,15H,3-10H2,1-2H3,(H,18,21). The zero-order valence-electron chi connectivity index (χ0n) is 13.5. The van der Waals surface area contributed by atoms with Gasteiger partial charge in [0.25, 0.3) is 5.91 Å². The SMILES string of the molecule is CC(C(=O)Nc1cn(C2CCOCC2)nc1C)=C1CCCC1. The molecule has 0 unspecified atom stereocenters. The van der Waals surface area contributed by atoms with Crippen LogP contribution in [0, 0.1) is 6.92 Å². The number of carbonyl (C=O) groups excluding carboxylic acids is 1. The molecule has 1 aromatic heterocycles. The molecule has 1 aromatic rings. The lowest BCUT2D eigenvalue weighted by Crippen LogP contribution is -2.20. The molecule has 0 atom stereocenters. The summed E-state index contributed by atoms with van der Waals surface area (Å²) in [5.74, 6) is 0.0199. The Balaban J connectivity index is 1.71. The largest absolute Gasteiger partial charge is 0.381 e. The van der Waals surface area contributed by atoms with E-state index in [1.54, 1.807) is 0 Å².